The van der Waals surface area contributed by atoms with E-state index in [0.717, 1.165) is 10.4 Å². The fourth-order valence-electron chi connectivity index (χ4n) is 2.94. The normalized spacial score (nSPS) is 16.8. The van der Waals surface area contributed by atoms with Gasteiger partial charge in [-0.2, -0.15) is 0 Å². The molecule has 6 nitrogen and oxygen atoms in total. The van der Waals surface area contributed by atoms with Crippen molar-refractivity contribution in [3.05, 3.63) is 47.1 Å². The Balaban J connectivity index is 1.55. The number of likely N-dealkylation sites (tertiary alicyclic amines) is 1. The first-order chi connectivity index (χ1) is 12.9. The molecule has 0 unspecified atom stereocenters. The number of halogens is 1. The molecule has 1 aliphatic heterocycles. The molecule has 1 saturated heterocycles. The van der Waals surface area contributed by atoms with Crippen molar-refractivity contribution in [2.75, 3.05) is 19.7 Å². The molecular formula is C19H19FN2O4S. The zero-order valence-corrected chi connectivity index (χ0v) is 15.3. The second kappa shape index (κ2) is 8.30. The molecule has 8 heteroatoms. The Kier molecular flexibility index (Phi) is 5.85. The second-order valence-corrected chi connectivity index (χ2v) is 7.41. The van der Waals surface area contributed by atoms with Crippen molar-refractivity contribution in [2.45, 2.75) is 12.8 Å². The minimum atomic E-state index is -0.592. The summed E-state index contributed by atoms with van der Waals surface area (Å²) in [6.07, 6.45) is 1.36. The average Bonchev–Trinajstić information content (AvgIpc) is 3.16. The molecule has 3 rings (SSSR count). The maximum atomic E-state index is 13.0. The molecule has 1 aromatic carbocycles. The van der Waals surface area contributed by atoms with Crippen LogP contribution in [-0.4, -0.2) is 42.4 Å². The first-order valence-electron chi connectivity index (χ1n) is 8.54. The summed E-state index contributed by atoms with van der Waals surface area (Å²) in [6.45, 7) is 0.404. The van der Waals surface area contributed by atoms with E-state index >= 15 is 0 Å². The highest BCUT2D eigenvalue weighted by molar-refractivity contribution is 7.17. The number of ether oxygens (including phenoxy) is 1. The molecule has 1 fully saturated rings. The van der Waals surface area contributed by atoms with Crippen molar-refractivity contribution in [3.63, 3.8) is 0 Å². The molecule has 1 atom stereocenters. The van der Waals surface area contributed by atoms with E-state index in [9.17, 15) is 18.8 Å². The van der Waals surface area contributed by atoms with Gasteiger partial charge in [-0.25, -0.2) is 9.18 Å². The number of hydrogen-bond acceptors (Lipinski definition) is 5. The maximum Gasteiger partial charge on any atom is 0.348 e. The average molecular weight is 390 g/mol. The molecule has 0 radical (unpaired) electrons. The van der Waals surface area contributed by atoms with E-state index in [1.165, 1.54) is 28.4 Å². The van der Waals surface area contributed by atoms with Gasteiger partial charge in [-0.05, 0) is 42.7 Å². The zero-order chi connectivity index (χ0) is 19.4. The van der Waals surface area contributed by atoms with Crippen molar-refractivity contribution in [1.82, 2.24) is 4.90 Å². The minimum Gasteiger partial charge on any atom is -0.451 e. The number of rotatable bonds is 5. The summed E-state index contributed by atoms with van der Waals surface area (Å²) in [6, 6.07) is 9.32. The summed E-state index contributed by atoms with van der Waals surface area (Å²) < 4.78 is 18.1. The lowest BCUT2D eigenvalue weighted by Crippen LogP contribution is -2.45. The molecule has 1 aliphatic rings. The molecule has 2 N–H and O–H groups in total. The van der Waals surface area contributed by atoms with E-state index in [-0.39, 0.29) is 30.8 Å². The molecule has 0 bridgehead atoms. The van der Waals surface area contributed by atoms with Crippen LogP contribution in [0.3, 0.4) is 0 Å². The Labute approximate surface area is 159 Å². The first kappa shape index (κ1) is 19.0. The van der Waals surface area contributed by atoms with E-state index in [2.05, 4.69) is 0 Å². The highest BCUT2D eigenvalue weighted by atomic mass is 32.1. The van der Waals surface area contributed by atoms with Crippen LogP contribution < -0.4 is 5.73 Å². The molecule has 2 aromatic rings. The summed E-state index contributed by atoms with van der Waals surface area (Å²) in [7, 11) is 0. The summed E-state index contributed by atoms with van der Waals surface area (Å²) in [5, 5.41) is 0. The van der Waals surface area contributed by atoms with Crippen LogP contribution in [0.2, 0.25) is 0 Å². The first-order valence-corrected chi connectivity index (χ1v) is 9.35. The highest BCUT2D eigenvalue weighted by Crippen LogP contribution is 2.28. The summed E-state index contributed by atoms with van der Waals surface area (Å²) in [5.41, 5.74) is 6.10. The number of thiophene rings is 1. The summed E-state index contributed by atoms with van der Waals surface area (Å²) in [4.78, 5) is 38.4. The number of carbonyl (C=O) groups excluding carboxylic acids is 3. The van der Waals surface area contributed by atoms with Gasteiger partial charge in [0.15, 0.2) is 6.61 Å². The van der Waals surface area contributed by atoms with Gasteiger partial charge in [-0.1, -0.05) is 12.1 Å². The molecule has 2 amide bonds. The van der Waals surface area contributed by atoms with Crippen LogP contribution in [0.5, 0.6) is 0 Å². The Morgan fingerprint density at radius 3 is 2.63 bits per heavy atom. The van der Waals surface area contributed by atoms with Crippen LogP contribution in [0, 0.1) is 11.7 Å². The largest absolute Gasteiger partial charge is 0.451 e. The number of piperidine rings is 1. The van der Waals surface area contributed by atoms with E-state index in [1.54, 1.807) is 24.3 Å². The minimum absolute atomic E-state index is 0.263. The van der Waals surface area contributed by atoms with Crippen LogP contribution in [0.1, 0.15) is 22.5 Å². The summed E-state index contributed by atoms with van der Waals surface area (Å²) in [5.74, 6) is -2.04. The fraction of sp³-hybridized carbons (Fsp3) is 0.316. The lowest BCUT2D eigenvalue weighted by atomic mass is 9.97. The van der Waals surface area contributed by atoms with E-state index < -0.39 is 11.9 Å². The molecule has 1 aromatic heterocycles. The van der Waals surface area contributed by atoms with Crippen molar-refractivity contribution in [3.8, 4) is 10.4 Å². The smallest absolute Gasteiger partial charge is 0.348 e. The van der Waals surface area contributed by atoms with E-state index in [4.69, 9.17) is 10.5 Å². The van der Waals surface area contributed by atoms with Crippen LogP contribution in [0.4, 0.5) is 4.39 Å². The number of benzene rings is 1. The van der Waals surface area contributed by atoms with Gasteiger partial charge >= 0.3 is 5.97 Å². The van der Waals surface area contributed by atoms with Crippen molar-refractivity contribution >= 4 is 29.1 Å². The second-order valence-electron chi connectivity index (χ2n) is 6.33. The fourth-order valence-corrected chi connectivity index (χ4v) is 3.85. The Bertz CT molecular complexity index is 850. The Hall–Kier alpha value is -2.74. The van der Waals surface area contributed by atoms with Crippen LogP contribution >= 0.6 is 11.3 Å². The van der Waals surface area contributed by atoms with Gasteiger partial charge in [0.2, 0.25) is 5.91 Å². The lowest BCUT2D eigenvalue weighted by Gasteiger charge is -2.30. The van der Waals surface area contributed by atoms with Gasteiger partial charge < -0.3 is 15.4 Å². The van der Waals surface area contributed by atoms with Crippen LogP contribution in [-0.2, 0) is 14.3 Å². The molecule has 0 spiro atoms. The van der Waals surface area contributed by atoms with Crippen molar-refractivity contribution < 1.29 is 23.5 Å². The SMILES string of the molecule is NC(=O)[C@H]1CCCN(C(=O)COC(=O)c2ccc(-c3ccc(F)cc3)s2)C1. The number of carbonyl (C=O) groups is 3. The third-order valence-electron chi connectivity index (χ3n) is 4.44. The number of hydrogen-bond donors (Lipinski definition) is 1. The number of amides is 2. The number of primary amides is 1. The summed E-state index contributed by atoms with van der Waals surface area (Å²) >= 11 is 1.21. The molecule has 142 valence electrons. The van der Waals surface area contributed by atoms with Crippen LogP contribution in [0.25, 0.3) is 10.4 Å². The third-order valence-corrected chi connectivity index (χ3v) is 5.55. The lowest BCUT2D eigenvalue weighted by molar-refractivity contribution is -0.137. The predicted octanol–water partition coefficient (Wildman–Crippen LogP) is 2.43. The number of nitrogens with zero attached hydrogens (tertiary/aromatic N) is 1. The maximum absolute atomic E-state index is 13.0. The van der Waals surface area contributed by atoms with Gasteiger partial charge in [0.25, 0.3) is 5.91 Å². The molecule has 27 heavy (non-hydrogen) atoms. The predicted molar refractivity (Wildman–Crippen MR) is 98.5 cm³/mol. The van der Waals surface area contributed by atoms with Gasteiger partial charge in [-0.3, -0.25) is 9.59 Å². The highest BCUT2D eigenvalue weighted by Gasteiger charge is 2.27. The Morgan fingerprint density at radius 1 is 1.19 bits per heavy atom. The van der Waals surface area contributed by atoms with Gasteiger partial charge in [-0.15, -0.1) is 11.3 Å². The molecular weight excluding hydrogens is 371 g/mol. The van der Waals surface area contributed by atoms with E-state index in [0.29, 0.717) is 24.3 Å². The van der Waals surface area contributed by atoms with Gasteiger partial charge in [0, 0.05) is 18.0 Å². The monoisotopic (exact) mass is 390 g/mol. The standard InChI is InChI=1S/C19H19FN2O4S/c20-14-5-3-12(4-6-14)15-7-8-16(27-15)19(25)26-11-17(23)22-9-1-2-13(10-22)18(21)24/h3-8,13H,1-2,9-11H2,(H2,21,24)/t13-/m0/s1. The van der Waals surface area contributed by atoms with Crippen molar-refractivity contribution in [1.29, 1.82) is 0 Å². The van der Waals surface area contributed by atoms with Crippen LogP contribution in [0.15, 0.2) is 36.4 Å². The third kappa shape index (κ3) is 4.71. The quantitative estimate of drug-likeness (QED) is 0.794. The number of nitrogens with two attached hydrogens (primary N) is 1. The topological polar surface area (TPSA) is 89.7 Å². The molecule has 2 heterocycles. The van der Waals surface area contributed by atoms with Gasteiger partial charge in [0.1, 0.15) is 10.7 Å². The molecule has 0 saturated carbocycles. The Morgan fingerprint density at radius 2 is 1.93 bits per heavy atom. The van der Waals surface area contributed by atoms with Gasteiger partial charge in [0.05, 0.1) is 5.92 Å². The molecule has 0 aliphatic carbocycles. The van der Waals surface area contributed by atoms with E-state index in [1.807, 2.05) is 0 Å². The number of esters is 1. The van der Waals surface area contributed by atoms with Crippen molar-refractivity contribution in [2.24, 2.45) is 11.7 Å². The zero-order valence-electron chi connectivity index (χ0n) is 14.5.